The zero-order chi connectivity index (χ0) is 11.7. The van der Waals surface area contributed by atoms with Crippen LogP contribution in [0.3, 0.4) is 0 Å². The summed E-state index contributed by atoms with van der Waals surface area (Å²) in [6, 6.07) is 6.16. The molecule has 0 saturated carbocycles. The Hall–Kier alpha value is -1.35. The van der Waals surface area contributed by atoms with Crippen LogP contribution in [0.2, 0.25) is 0 Å². The van der Waals surface area contributed by atoms with Gasteiger partial charge in [0.1, 0.15) is 0 Å². The zero-order valence-electron chi connectivity index (χ0n) is 10.2. The van der Waals surface area contributed by atoms with Gasteiger partial charge in [0, 0.05) is 18.8 Å². The second kappa shape index (κ2) is 4.26. The summed E-state index contributed by atoms with van der Waals surface area (Å²) in [5.74, 6) is 0.200. The molecule has 1 aliphatic rings. The van der Waals surface area contributed by atoms with Crippen molar-refractivity contribution < 1.29 is 4.79 Å². The summed E-state index contributed by atoms with van der Waals surface area (Å²) in [7, 11) is 1.99. The van der Waals surface area contributed by atoms with Crippen molar-refractivity contribution in [1.29, 1.82) is 0 Å². The molecule has 86 valence electrons. The Morgan fingerprint density at radius 1 is 1.12 bits per heavy atom. The predicted molar refractivity (Wildman–Crippen MR) is 65.8 cm³/mol. The fourth-order valence-corrected chi connectivity index (χ4v) is 2.26. The molecule has 0 unspecified atom stereocenters. The first-order valence-electron chi connectivity index (χ1n) is 5.64. The van der Waals surface area contributed by atoms with E-state index in [-0.39, 0.29) is 5.91 Å². The van der Waals surface area contributed by atoms with Crippen LogP contribution in [-0.4, -0.2) is 37.5 Å². The molecule has 0 N–H and O–H groups in total. The van der Waals surface area contributed by atoms with E-state index < -0.39 is 0 Å². The number of aryl methyl sites for hydroxylation is 2. The van der Waals surface area contributed by atoms with Crippen LogP contribution < -0.4 is 4.90 Å². The average molecular weight is 218 g/mol. The normalized spacial score (nSPS) is 17.9. The van der Waals surface area contributed by atoms with Crippen LogP contribution >= 0.6 is 0 Å². The van der Waals surface area contributed by atoms with Crippen LogP contribution in [0.5, 0.6) is 0 Å². The number of para-hydroxylation sites is 1. The molecule has 1 aromatic rings. The molecule has 0 atom stereocenters. The topological polar surface area (TPSA) is 23.6 Å². The van der Waals surface area contributed by atoms with Crippen molar-refractivity contribution in [2.45, 2.75) is 13.8 Å². The molecule has 3 heteroatoms. The molecule has 1 saturated heterocycles. The second-order valence-corrected chi connectivity index (χ2v) is 4.52. The van der Waals surface area contributed by atoms with Gasteiger partial charge >= 0.3 is 0 Å². The Labute approximate surface area is 96.7 Å². The third kappa shape index (κ3) is 1.95. The minimum atomic E-state index is 0.200. The van der Waals surface area contributed by atoms with Crippen molar-refractivity contribution in [3.63, 3.8) is 0 Å². The van der Waals surface area contributed by atoms with E-state index >= 15 is 0 Å². The molecule has 0 bridgehead atoms. The van der Waals surface area contributed by atoms with Crippen molar-refractivity contribution in [3.05, 3.63) is 29.3 Å². The Morgan fingerprint density at radius 2 is 1.75 bits per heavy atom. The van der Waals surface area contributed by atoms with Gasteiger partial charge in [0.25, 0.3) is 0 Å². The highest BCUT2D eigenvalue weighted by Crippen LogP contribution is 2.25. The molecule has 1 amide bonds. The lowest BCUT2D eigenvalue weighted by atomic mass is 10.1. The maximum atomic E-state index is 12.0. The van der Waals surface area contributed by atoms with Crippen molar-refractivity contribution in [2.75, 3.05) is 31.6 Å². The van der Waals surface area contributed by atoms with Crippen LogP contribution in [0, 0.1) is 13.8 Å². The van der Waals surface area contributed by atoms with E-state index in [1.165, 1.54) is 11.1 Å². The largest absolute Gasteiger partial charge is 0.309 e. The fraction of sp³-hybridized carbons (Fsp3) is 0.462. The minimum Gasteiger partial charge on any atom is -0.309 e. The zero-order valence-corrected chi connectivity index (χ0v) is 10.2. The molecule has 0 spiro atoms. The summed E-state index contributed by atoms with van der Waals surface area (Å²) in [5, 5.41) is 0. The van der Waals surface area contributed by atoms with E-state index in [1.54, 1.807) is 0 Å². The van der Waals surface area contributed by atoms with Gasteiger partial charge < -0.3 is 4.90 Å². The Kier molecular flexibility index (Phi) is 2.97. The third-order valence-corrected chi connectivity index (χ3v) is 3.12. The summed E-state index contributed by atoms with van der Waals surface area (Å²) in [6.07, 6.45) is 0. The first-order chi connectivity index (χ1) is 7.59. The van der Waals surface area contributed by atoms with Gasteiger partial charge in [-0.2, -0.15) is 0 Å². The van der Waals surface area contributed by atoms with E-state index in [4.69, 9.17) is 0 Å². The molecule has 1 aromatic carbocycles. The summed E-state index contributed by atoms with van der Waals surface area (Å²) in [6.45, 7) is 6.39. The van der Waals surface area contributed by atoms with Crippen molar-refractivity contribution in [2.24, 2.45) is 0 Å². The van der Waals surface area contributed by atoms with Gasteiger partial charge in [-0.3, -0.25) is 9.69 Å². The van der Waals surface area contributed by atoms with Gasteiger partial charge in [-0.05, 0) is 32.0 Å². The van der Waals surface area contributed by atoms with Gasteiger partial charge in [-0.15, -0.1) is 0 Å². The lowest BCUT2D eigenvalue weighted by Crippen LogP contribution is -2.49. The second-order valence-electron chi connectivity index (χ2n) is 4.52. The first kappa shape index (κ1) is 11.1. The molecule has 3 nitrogen and oxygen atoms in total. The van der Waals surface area contributed by atoms with Gasteiger partial charge in [0.05, 0.1) is 6.54 Å². The predicted octanol–water partition coefficient (Wildman–Crippen LogP) is 1.58. The minimum absolute atomic E-state index is 0.200. The number of piperazine rings is 1. The van der Waals surface area contributed by atoms with Crippen LogP contribution in [0.25, 0.3) is 0 Å². The first-order valence-corrected chi connectivity index (χ1v) is 5.64. The van der Waals surface area contributed by atoms with Crippen LogP contribution in [-0.2, 0) is 4.79 Å². The Morgan fingerprint density at radius 3 is 2.31 bits per heavy atom. The van der Waals surface area contributed by atoms with E-state index in [9.17, 15) is 4.79 Å². The van der Waals surface area contributed by atoms with E-state index in [1.807, 2.05) is 18.0 Å². The van der Waals surface area contributed by atoms with Crippen molar-refractivity contribution in [3.8, 4) is 0 Å². The number of carbonyl (C=O) groups is 1. The number of benzene rings is 1. The molecule has 0 aliphatic carbocycles. The number of rotatable bonds is 1. The highest BCUT2D eigenvalue weighted by atomic mass is 16.2. The molecule has 0 radical (unpaired) electrons. The maximum Gasteiger partial charge on any atom is 0.241 e. The number of hydrogen-bond acceptors (Lipinski definition) is 2. The standard InChI is InChI=1S/C13H18N2O/c1-10-5-4-6-11(2)13(10)15-8-7-14(3)9-12(15)16/h4-6H,7-9H2,1-3H3. The highest BCUT2D eigenvalue weighted by molar-refractivity contribution is 5.96. The third-order valence-electron chi connectivity index (χ3n) is 3.12. The molecule has 16 heavy (non-hydrogen) atoms. The number of hydrogen-bond donors (Lipinski definition) is 0. The van der Waals surface area contributed by atoms with Gasteiger partial charge in [0.15, 0.2) is 0 Å². The molecule has 2 rings (SSSR count). The van der Waals surface area contributed by atoms with E-state index in [0.29, 0.717) is 6.54 Å². The van der Waals surface area contributed by atoms with Crippen LogP contribution in [0.1, 0.15) is 11.1 Å². The van der Waals surface area contributed by atoms with E-state index in [0.717, 1.165) is 18.8 Å². The molecule has 1 aliphatic heterocycles. The van der Waals surface area contributed by atoms with Crippen molar-refractivity contribution >= 4 is 11.6 Å². The smallest absolute Gasteiger partial charge is 0.241 e. The number of anilines is 1. The molecular formula is C13H18N2O. The van der Waals surface area contributed by atoms with Crippen LogP contribution in [0.15, 0.2) is 18.2 Å². The van der Waals surface area contributed by atoms with Crippen molar-refractivity contribution in [1.82, 2.24) is 4.90 Å². The highest BCUT2D eigenvalue weighted by Gasteiger charge is 2.24. The molecule has 1 heterocycles. The number of carbonyl (C=O) groups excluding carboxylic acids is 1. The molecule has 0 aromatic heterocycles. The summed E-state index contributed by atoms with van der Waals surface area (Å²) in [5.41, 5.74) is 3.46. The quantitative estimate of drug-likeness (QED) is 0.714. The molecule has 1 fully saturated rings. The Bertz CT molecular complexity index is 394. The maximum absolute atomic E-state index is 12.0. The van der Waals surface area contributed by atoms with E-state index in [2.05, 4.69) is 30.9 Å². The average Bonchev–Trinajstić information content (AvgIpc) is 2.20. The monoisotopic (exact) mass is 218 g/mol. The van der Waals surface area contributed by atoms with Gasteiger partial charge in [-0.25, -0.2) is 0 Å². The lowest BCUT2D eigenvalue weighted by molar-refractivity contribution is -0.120. The lowest BCUT2D eigenvalue weighted by Gasteiger charge is -2.33. The SMILES string of the molecule is Cc1cccc(C)c1N1CCN(C)CC1=O. The molecular weight excluding hydrogens is 200 g/mol. The number of likely N-dealkylation sites (N-methyl/N-ethyl adjacent to an activating group) is 1. The number of amides is 1. The number of nitrogens with zero attached hydrogens (tertiary/aromatic N) is 2. The van der Waals surface area contributed by atoms with Crippen LogP contribution in [0.4, 0.5) is 5.69 Å². The summed E-state index contributed by atoms with van der Waals surface area (Å²) < 4.78 is 0. The van der Waals surface area contributed by atoms with Gasteiger partial charge in [-0.1, -0.05) is 18.2 Å². The fourth-order valence-electron chi connectivity index (χ4n) is 2.26. The summed E-state index contributed by atoms with van der Waals surface area (Å²) in [4.78, 5) is 16.0. The summed E-state index contributed by atoms with van der Waals surface area (Å²) >= 11 is 0. The Balaban J connectivity index is 2.34. The van der Waals surface area contributed by atoms with Gasteiger partial charge in [0.2, 0.25) is 5.91 Å².